The molecule has 2 N–H and O–H groups in total. The maximum absolute atomic E-state index is 8.67. The largest absolute Gasteiger partial charge is 0.350 e. The normalized spacial score (nSPS) is 12.1. The lowest BCUT2D eigenvalue weighted by molar-refractivity contribution is 0.713. The summed E-state index contributed by atoms with van der Waals surface area (Å²) in [5.74, 6) is 0.0187. The first-order valence-corrected chi connectivity index (χ1v) is 5.30. The summed E-state index contributed by atoms with van der Waals surface area (Å²) < 4.78 is 0. The third-order valence-electron chi connectivity index (χ3n) is 1.84. The summed E-state index contributed by atoms with van der Waals surface area (Å²) in [7, 11) is 1.94. The second kappa shape index (κ2) is 4.94. The van der Waals surface area contributed by atoms with Gasteiger partial charge in [-0.2, -0.15) is 5.26 Å². The lowest BCUT2D eigenvalue weighted by Crippen LogP contribution is -2.23. The van der Waals surface area contributed by atoms with Crippen LogP contribution in [0.3, 0.4) is 0 Å². The predicted octanol–water partition coefficient (Wildman–Crippen LogP) is 1.20. The van der Waals surface area contributed by atoms with Gasteiger partial charge in [-0.25, -0.2) is 4.98 Å². The van der Waals surface area contributed by atoms with Crippen LogP contribution in [0, 0.1) is 17.2 Å². The average molecular weight is 210 g/mol. The van der Waals surface area contributed by atoms with Crippen LogP contribution in [-0.2, 0) is 6.54 Å². The fourth-order valence-electron chi connectivity index (χ4n) is 1.10. The molecule has 0 aromatic carbocycles. The number of thiazole rings is 1. The molecule has 0 aliphatic rings. The van der Waals surface area contributed by atoms with Crippen LogP contribution >= 0.6 is 11.3 Å². The summed E-state index contributed by atoms with van der Waals surface area (Å²) in [5.41, 5.74) is 6.37. The number of nitrogens with two attached hydrogens (primary N) is 1. The van der Waals surface area contributed by atoms with Crippen LogP contribution in [0.4, 0.5) is 5.13 Å². The average Bonchev–Trinajstić information content (AvgIpc) is 2.65. The maximum Gasteiger partial charge on any atom is 0.185 e. The Morgan fingerprint density at radius 2 is 2.50 bits per heavy atom. The number of aromatic nitrogens is 1. The van der Waals surface area contributed by atoms with Gasteiger partial charge in [-0.1, -0.05) is 0 Å². The zero-order valence-electron chi connectivity index (χ0n) is 8.40. The molecule has 0 spiro atoms. The van der Waals surface area contributed by atoms with Crippen molar-refractivity contribution in [1.29, 1.82) is 5.26 Å². The van der Waals surface area contributed by atoms with Crippen molar-refractivity contribution >= 4 is 16.5 Å². The lowest BCUT2D eigenvalue weighted by Gasteiger charge is -2.16. The Balaban J connectivity index is 2.61. The highest BCUT2D eigenvalue weighted by atomic mass is 32.1. The van der Waals surface area contributed by atoms with Gasteiger partial charge in [-0.15, -0.1) is 11.3 Å². The Bertz CT molecular complexity index is 328. The first-order chi connectivity index (χ1) is 6.67. The van der Waals surface area contributed by atoms with Crippen LogP contribution < -0.4 is 10.6 Å². The molecule has 0 fully saturated rings. The Kier molecular flexibility index (Phi) is 3.86. The van der Waals surface area contributed by atoms with E-state index < -0.39 is 0 Å². The van der Waals surface area contributed by atoms with Gasteiger partial charge in [0.25, 0.3) is 0 Å². The third-order valence-corrected chi connectivity index (χ3v) is 2.85. The van der Waals surface area contributed by atoms with Crippen LogP contribution in [0.5, 0.6) is 0 Å². The molecule has 1 rings (SSSR count). The molecule has 1 heterocycles. The van der Waals surface area contributed by atoms with Crippen LogP contribution in [0.25, 0.3) is 0 Å². The van der Waals surface area contributed by atoms with Gasteiger partial charge in [-0.3, -0.25) is 0 Å². The Morgan fingerprint density at radius 1 is 1.79 bits per heavy atom. The zero-order valence-corrected chi connectivity index (χ0v) is 9.21. The standard InChI is InChI=1S/C9H14N4S/c1-7(3-10)5-13(2)9-12-8(4-11)6-14-9/h6-7H,4-5,11H2,1-2H3. The number of anilines is 1. The minimum atomic E-state index is 0.0187. The number of hydrogen-bond acceptors (Lipinski definition) is 5. The molecule has 4 nitrogen and oxygen atoms in total. The monoisotopic (exact) mass is 210 g/mol. The van der Waals surface area contributed by atoms with E-state index in [9.17, 15) is 0 Å². The molecule has 5 heteroatoms. The van der Waals surface area contributed by atoms with Crippen molar-refractivity contribution in [1.82, 2.24) is 4.98 Å². The van der Waals surface area contributed by atoms with Gasteiger partial charge < -0.3 is 10.6 Å². The Hall–Kier alpha value is -1.12. The fraction of sp³-hybridized carbons (Fsp3) is 0.556. The first-order valence-electron chi connectivity index (χ1n) is 4.42. The van der Waals surface area contributed by atoms with Gasteiger partial charge in [-0.05, 0) is 6.92 Å². The molecule has 0 saturated heterocycles. The quantitative estimate of drug-likeness (QED) is 0.811. The van der Waals surface area contributed by atoms with E-state index in [2.05, 4.69) is 11.1 Å². The van der Waals surface area contributed by atoms with E-state index in [0.29, 0.717) is 13.1 Å². The highest BCUT2D eigenvalue weighted by Gasteiger charge is 2.09. The minimum Gasteiger partial charge on any atom is -0.350 e. The Labute approximate surface area is 88.0 Å². The molecule has 0 bridgehead atoms. The summed E-state index contributed by atoms with van der Waals surface area (Å²) in [4.78, 5) is 6.31. The summed E-state index contributed by atoms with van der Waals surface area (Å²) in [5, 5.41) is 11.5. The van der Waals surface area contributed by atoms with E-state index in [0.717, 1.165) is 10.8 Å². The first kappa shape index (κ1) is 11.0. The van der Waals surface area contributed by atoms with Gasteiger partial charge >= 0.3 is 0 Å². The topological polar surface area (TPSA) is 65.9 Å². The molecular formula is C9H14N4S. The minimum absolute atomic E-state index is 0.0187. The molecule has 0 radical (unpaired) electrons. The molecule has 1 aromatic rings. The van der Waals surface area contributed by atoms with E-state index in [4.69, 9.17) is 11.0 Å². The van der Waals surface area contributed by atoms with Gasteiger partial charge in [0.2, 0.25) is 0 Å². The fourth-order valence-corrected chi connectivity index (χ4v) is 1.91. The lowest BCUT2D eigenvalue weighted by atomic mass is 10.2. The maximum atomic E-state index is 8.67. The van der Waals surface area contributed by atoms with Crippen molar-refractivity contribution in [3.8, 4) is 6.07 Å². The van der Waals surface area contributed by atoms with Gasteiger partial charge in [0, 0.05) is 25.5 Å². The van der Waals surface area contributed by atoms with Gasteiger partial charge in [0.15, 0.2) is 5.13 Å². The van der Waals surface area contributed by atoms with Crippen molar-refractivity contribution in [2.24, 2.45) is 11.7 Å². The van der Waals surface area contributed by atoms with Crippen molar-refractivity contribution in [3.05, 3.63) is 11.1 Å². The molecule has 0 amide bonds. The molecule has 0 aliphatic carbocycles. The molecule has 1 aromatic heterocycles. The summed E-state index contributed by atoms with van der Waals surface area (Å²) in [6.45, 7) is 3.07. The van der Waals surface area contributed by atoms with Gasteiger partial charge in [0.1, 0.15) is 0 Å². The summed E-state index contributed by atoms with van der Waals surface area (Å²) >= 11 is 1.56. The van der Waals surface area contributed by atoms with Gasteiger partial charge in [0.05, 0.1) is 17.7 Å². The van der Waals surface area contributed by atoms with E-state index in [1.54, 1.807) is 11.3 Å². The third kappa shape index (κ3) is 2.69. The van der Waals surface area contributed by atoms with E-state index >= 15 is 0 Å². The SMILES string of the molecule is CC(C#N)CN(C)c1nc(CN)cs1. The highest BCUT2D eigenvalue weighted by Crippen LogP contribution is 2.19. The van der Waals surface area contributed by atoms with Crippen LogP contribution in [-0.4, -0.2) is 18.6 Å². The molecule has 14 heavy (non-hydrogen) atoms. The second-order valence-corrected chi connectivity index (χ2v) is 4.07. The molecule has 1 unspecified atom stereocenters. The molecular weight excluding hydrogens is 196 g/mol. The Morgan fingerprint density at radius 3 is 3.00 bits per heavy atom. The van der Waals surface area contributed by atoms with Crippen molar-refractivity contribution in [2.75, 3.05) is 18.5 Å². The number of hydrogen-bond donors (Lipinski definition) is 1. The highest BCUT2D eigenvalue weighted by molar-refractivity contribution is 7.13. The van der Waals surface area contributed by atoms with E-state index in [-0.39, 0.29) is 5.92 Å². The smallest absolute Gasteiger partial charge is 0.185 e. The van der Waals surface area contributed by atoms with Crippen molar-refractivity contribution in [2.45, 2.75) is 13.5 Å². The van der Waals surface area contributed by atoms with E-state index in [1.165, 1.54) is 0 Å². The molecule has 0 aliphatic heterocycles. The molecule has 0 saturated carbocycles. The molecule has 1 atom stereocenters. The molecule has 76 valence electrons. The summed E-state index contributed by atoms with van der Waals surface area (Å²) in [6.07, 6.45) is 0. The predicted molar refractivity (Wildman–Crippen MR) is 58.1 cm³/mol. The van der Waals surface area contributed by atoms with E-state index in [1.807, 2.05) is 24.3 Å². The zero-order chi connectivity index (χ0) is 10.6. The number of nitriles is 1. The summed E-state index contributed by atoms with van der Waals surface area (Å²) in [6, 6.07) is 2.20. The number of rotatable bonds is 4. The van der Waals surface area contributed by atoms with Crippen LogP contribution in [0.2, 0.25) is 0 Å². The van der Waals surface area contributed by atoms with Crippen molar-refractivity contribution in [3.63, 3.8) is 0 Å². The van der Waals surface area contributed by atoms with Crippen LogP contribution in [0.1, 0.15) is 12.6 Å². The second-order valence-electron chi connectivity index (χ2n) is 3.24. The van der Waals surface area contributed by atoms with Crippen LogP contribution in [0.15, 0.2) is 5.38 Å². The number of nitrogens with zero attached hydrogens (tertiary/aromatic N) is 3. The van der Waals surface area contributed by atoms with Crippen molar-refractivity contribution < 1.29 is 0 Å².